The van der Waals surface area contributed by atoms with Gasteiger partial charge in [-0.25, -0.2) is 14.6 Å². The fourth-order valence-corrected chi connectivity index (χ4v) is 2.63. The second-order valence-electron chi connectivity index (χ2n) is 4.61. The minimum Gasteiger partial charge on any atom is -0.313 e. The molecule has 2 aromatic rings. The maximum Gasteiger partial charge on any atom is 0.156 e. The van der Waals surface area contributed by atoms with Gasteiger partial charge in [-0.05, 0) is 26.3 Å². The van der Waals surface area contributed by atoms with Gasteiger partial charge in [0.25, 0.3) is 0 Å². The lowest BCUT2D eigenvalue weighted by Crippen LogP contribution is -2.16. The molecule has 3 rings (SSSR count). The van der Waals surface area contributed by atoms with E-state index in [0.717, 1.165) is 12.2 Å². The van der Waals surface area contributed by atoms with E-state index in [1.165, 1.54) is 30.5 Å². The molecule has 2 heterocycles. The average molecular weight is 243 g/mol. The van der Waals surface area contributed by atoms with Crippen molar-refractivity contribution in [2.24, 2.45) is 0 Å². The molecular formula is C13H17N5. The van der Waals surface area contributed by atoms with Crippen LogP contribution in [0.25, 0.3) is 5.82 Å². The lowest BCUT2D eigenvalue weighted by atomic mass is 10.1. The largest absolute Gasteiger partial charge is 0.313 e. The number of rotatable bonds is 2. The molecule has 0 saturated carbocycles. The number of nitrogens with one attached hydrogen (secondary N) is 1. The number of fused-ring (bicyclic) bond motifs is 1. The minimum atomic E-state index is 0.415. The smallest absolute Gasteiger partial charge is 0.156 e. The SMILES string of the molecule is CNC1CCCCc2c1cnn2-c1ccncn1. The Morgan fingerprint density at radius 2 is 2.33 bits per heavy atom. The average Bonchev–Trinajstić information content (AvgIpc) is 2.73. The summed E-state index contributed by atoms with van der Waals surface area (Å²) in [5.74, 6) is 0.850. The Hall–Kier alpha value is -1.75. The van der Waals surface area contributed by atoms with E-state index in [-0.39, 0.29) is 0 Å². The summed E-state index contributed by atoms with van der Waals surface area (Å²) in [5, 5.41) is 7.87. The molecule has 1 aliphatic rings. The van der Waals surface area contributed by atoms with Crippen molar-refractivity contribution in [2.45, 2.75) is 31.7 Å². The Morgan fingerprint density at radius 1 is 1.39 bits per heavy atom. The first-order valence-corrected chi connectivity index (χ1v) is 6.40. The number of aromatic nitrogens is 4. The second-order valence-corrected chi connectivity index (χ2v) is 4.61. The van der Waals surface area contributed by atoms with Crippen LogP contribution in [0.2, 0.25) is 0 Å². The number of nitrogens with zero attached hydrogens (tertiary/aromatic N) is 4. The summed E-state index contributed by atoms with van der Waals surface area (Å²) >= 11 is 0. The normalized spacial score (nSPS) is 19.3. The van der Waals surface area contributed by atoms with E-state index in [4.69, 9.17) is 0 Å². The van der Waals surface area contributed by atoms with Crippen LogP contribution in [0.3, 0.4) is 0 Å². The van der Waals surface area contributed by atoms with Crippen LogP contribution < -0.4 is 5.32 Å². The zero-order valence-electron chi connectivity index (χ0n) is 10.5. The van der Waals surface area contributed by atoms with Crippen molar-refractivity contribution in [3.63, 3.8) is 0 Å². The zero-order chi connectivity index (χ0) is 12.4. The van der Waals surface area contributed by atoms with Gasteiger partial charge in [0.05, 0.1) is 11.9 Å². The molecule has 0 bridgehead atoms. The van der Waals surface area contributed by atoms with Crippen LogP contribution in [0, 0.1) is 0 Å². The lowest BCUT2D eigenvalue weighted by Gasteiger charge is -2.13. The Kier molecular flexibility index (Phi) is 3.06. The Labute approximate surface area is 106 Å². The quantitative estimate of drug-likeness (QED) is 0.815. The van der Waals surface area contributed by atoms with Gasteiger partial charge in [0.15, 0.2) is 5.82 Å². The molecule has 0 amide bonds. The van der Waals surface area contributed by atoms with Crippen molar-refractivity contribution in [1.82, 2.24) is 25.1 Å². The van der Waals surface area contributed by atoms with Crippen LogP contribution in [-0.4, -0.2) is 26.8 Å². The van der Waals surface area contributed by atoms with Crippen molar-refractivity contribution < 1.29 is 0 Å². The fourth-order valence-electron chi connectivity index (χ4n) is 2.63. The first-order chi connectivity index (χ1) is 8.90. The van der Waals surface area contributed by atoms with Crippen LogP contribution >= 0.6 is 0 Å². The molecule has 2 aromatic heterocycles. The second kappa shape index (κ2) is 4.86. The van der Waals surface area contributed by atoms with Gasteiger partial charge in [-0.2, -0.15) is 5.10 Å². The monoisotopic (exact) mass is 243 g/mol. The van der Waals surface area contributed by atoms with Gasteiger partial charge in [0.2, 0.25) is 0 Å². The molecule has 0 aliphatic heterocycles. The van der Waals surface area contributed by atoms with E-state index in [1.807, 2.05) is 24.0 Å². The highest BCUT2D eigenvalue weighted by Crippen LogP contribution is 2.29. The van der Waals surface area contributed by atoms with Crippen LogP contribution in [-0.2, 0) is 6.42 Å². The molecule has 1 aliphatic carbocycles. The molecule has 0 fully saturated rings. The Bertz CT molecular complexity index is 519. The lowest BCUT2D eigenvalue weighted by molar-refractivity contribution is 0.533. The predicted octanol–water partition coefficient (Wildman–Crippen LogP) is 1.65. The summed E-state index contributed by atoms with van der Waals surface area (Å²) in [6, 6.07) is 2.31. The first-order valence-electron chi connectivity index (χ1n) is 6.40. The maximum atomic E-state index is 4.49. The summed E-state index contributed by atoms with van der Waals surface area (Å²) in [6.07, 6.45) is 10.0. The molecule has 1 atom stereocenters. The van der Waals surface area contributed by atoms with E-state index >= 15 is 0 Å². The highest BCUT2D eigenvalue weighted by Gasteiger charge is 2.22. The van der Waals surface area contributed by atoms with Gasteiger partial charge in [-0.3, -0.25) is 0 Å². The molecule has 5 nitrogen and oxygen atoms in total. The molecule has 0 saturated heterocycles. The van der Waals surface area contributed by atoms with Crippen molar-refractivity contribution in [2.75, 3.05) is 7.05 Å². The van der Waals surface area contributed by atoms with Gasteiger partial charge in [0, 0.05) is 23.9 Å². The molecular weight excluding hydrogens is 226 g/mol. The summed E-state index contributed by atoms with van der Waals surface area (Å²) < 4.78 is 1.95. The van der Waals surface area contributed by atoms with E-state index in [1.54, 1.807) is 12.5 Å². The van der Waals surface area contributed by atoms with E-state index in [9.17, 15) is 0 Å². The molecule has 5 heteroatoms. The molecule has 0 radical (unpaired) electrons. The van der Waals surface area contributed by atoms with Crippen molar-refractivity contribution in [3.05, 3.63) is 36.0 Å². The van der Waals surface area contributed by atoms with Crippen LogP contribution in [0.4, 0.5) is 0 Å². The molecule has 0 spiro atoms. The van der Waals surface area contributed by atoms with Crippen LogP contribution in [0.15, 0.2) is 24.8 Å². The Balaban J connectivity index is 2.06. The van der Waals surface area contributed by atoms with Gasteiger partial charge in [0.1, 0.15) is 6.33 Å². The summed E-state index contributed by atoms with van der Waals surface area (Å²) in [4.78, 5) is 8.23. The topological polar surface area (TPSA) is 55.6 Å². The maximum absolute atomic E-state index is 4.49. The summed E-state index contributed by atoms with van der Waals surface area (Å²) in [5.41, 5.74) is 2.60. The highest BCUT2D eigenvalue weighted by molar-refractivity contribution is 5.31. The van der Waals surface area contributed by atoms with Crippen molar-refractivity contribution in [1.29, 1.82) is 0 Å². The van der Waals surface area contributed by atoms with E-state index < -0.39 is 0 Å². The zero-order valence-corrected chi connectivity index (χ0v) is 10.5. The van der Waals surface area contributed by atoms with Gasteiger partial charge < -0.3 is 5.32 Å². The van der Waals surface area contributed by atoms with E-state index in [0.29, 0.717) is 6.04 Å². The highest BCUT2D eigenvalue weighted by atomic mass is 15.3. The standard InChI is InChI=1S/C13H17N5/c1-14-11-4-2-3-5-12-10(11)8-17-18(12)13-6-7-15-9-16-13/h6-9,11,14H,2-5H2,1H3. The van der Waals surface area contributed by atoms with Crippen LogP contribution in [0.1, 0.15) is 36.6 Å². The molecule has 1 unspecified atom stereocenters. The number of hydrogen-bond acceptors (Lipinski definition) is 4. The number of hydrogen-bond donors (Lipinski definition) is 1. The summed E-state index contributed by atoms with van der Waals surface area (Å²) in [6.45, 7) is 0. The van der Waals surface area contributed by atoms with Gasteiger partial charge in [-0.1, -0.05) is 6.42 Å². The van der Waals surface area contributed by atoms with Gasteiger partial charge >= 0.3 is 0 Å². The Morgan fingerprint density at radius 3 is 3.11 bits per heavy atom. The third-order valence-electron chi connectivity index (χ3n) is 3.56. The third-order valence-corrected chi connectivity index (χ3v) is 3.56. The predicted molar refractivity (Wildman–Crippen MR) is 68.5 cm³/mol. The molecule has 18 heavy (non-hydrogen) atoms. The van der Waals surface area contributed by atoms with Crippen molar-refractivity contribution >= 4 is 0 Å². The molecule has 1 N–H and O–H groups in total. The first kappa shape index (κ1) is 11.3. The van der Waals surface area contributed by atoms with E-state index in [2.05, 4.69) is 20.4 Å². The summed E-state index contributed by atoms with van der Waals surface area (Å²) in [7, 11) is 2.02. The molecule has 0 aromatic carbocycles. The minimum absolute atomic E-state index is 0.415. The molecule has 94 valence electrons. The van der Waals surface area contributed by atoms with Crippen LogP contribution in [0.5, 0.6) is 0 Å². The van der Waals surface area contributed by atoms with Crippen molar-refractivity contribution in [3.8, 4) is 5.82 Å². The fraction of sp³-hybridized carbons (Fsp3) is 0.462. The van der Waals surface area contributed by atoms with Gasteiger partial charge in [-0.15, -0.1) is 0 Å². The third kappa shape index (κ3) is 1.90.